The maximum Gasteiger partial charge on any atom is 0.439 e. The van der Waals surface area contributed by atoms with Crippen LogP contribution in [-0.4, -0.2) is 60.4 Å². The maximum atomic E-state index is 11.5. The third kappa shape index (κ3) is 4.92. The van der Waals surface area contributed by atoms with Crippen LogP contribution in [0.3, 0.4) is 0 Å². The molecule has 0 saturated carbocycles. The largest absolute Gasteiger partial charge is 0.443 e. The van der Waals surface area contributed by atoms with Crippen molar-refractivity contribution >= 4 is 22.6 Å². The van der Waals surface area contributed by atoms with Crippen LogP contribution in [0.1, 0.15) is 49.2 Å². The van der Waals surface area contributed by atoms with E-state index in [9.17, 15) is 4.79 Å². The third-order valence-electron chi connectivity index (χ3n) is 8.77. The van der Waals surface area contributed by atoms with E-state index in [-0.39, 0.29) is 11.9 Å². The zero-order valence-electron chi connectivity index (χ0n) is 24.0. The van der Waals surface area contributed by atoms with Crippen molar-refractivity contribution in [2.24, 2.45) is 0 Å². The molecule has 226 valence electrons. The van der Waals surface area contributed by atoms with Gasteiger partial charge in [0.15, 0.2) is 11.5 Å². The molecule has 1 aromatic carbocycles. The van der Waals surface area contributed by atoms with E-state index in [0.717, 1.165) is 73.9 Å². The van der Waals surface area contributed by atoms with Crippen molar-refractivity contribution in [3.8, 4) is 23.0 Å². The molecule has 2 unspecified atom stereocenters. The van der Waals surface area contributed by atoms with Crippen molar-refractivity contribution in [3.63, 3.8) is 0 Å². The normalized spacial score (nSPS) is 22.0. The number of piperidine rings is 1. The van der Waals surface area contributed by atoms with Gasteiger partial charge >= 0.3 is 5.76 Å². The van der Waals surface area contributed by atoms with Gasteiger partial charge in [-0.25, -0.2) is 9.78 Å². The number of aromatic amines is 1. The van der Waals surface area contributed by atoms with Gasteiger partial charge in [0.1, 0.15) is 17.2 Å². The average Bonchev–Trinajstić information content (AvgIpc) is 3.69. The summed E-state index contributed by atoms with van der Waals surface area (Å²) in [5.41, 5.74) is 4.06. The Morgan fingerprint density at radius 3 is 2.68 bits per heavy atom. The van der Waals surface area contributed by atoms with Gasteiger partial charge in [-0.1, -0.05) is 28.9 Å². The lowest BCUT2D eigenvalue weighted by atomic mass is 9.88. The van der Waals surface area contributed by atoms with Crippen LogP contribution in [0.2, 0.25) is 5.02 Å². The fourth-order valence-electron chi connectivity index (χ4n) is 6.32. The number of hydrogen-bond donors (Lipinski definition) is 1. The Balaban J connectivity index is 0.999. The zero-order valence-corrected chi connectivity index (χ0v) is 24.8. The van der Waals surface area contributed by atoms with E-state index in [1.165, 1.54) is 5.56 Å². The molecular weight excluding hydrogens is 586 g/mol. The Morgan fingerprint density at radius 2 is 1.95 bits per heavy atom. The molecule has 2 saturated heterocycles. The summed E-state index contributed by atoms with van der Waals surface area (Å²) in [6.45, 7) is 5.93. The molecule has 3 aliphatic rings. The highest BCUT2D eigenvalue weighted by molar-refractivity contribution is 6.30. The molecule has 2 fully saturated rings. The average molecular weight is 616 g/mol. The van der Waals surface area contributed by atoms with E-state index in [1.54, 1.807) is 18.5 Å². The first-order valence-corrected chi connectivity index (χ1v) is 15.2. The molecule has 13 heteroatoms. The van der Waals surface area contributed by atoms with Crippen molar-refractivity contribution in [2.45, 2.75) is 57.1 Å². The van der Waals surface area contributed by atoms with Gasteiger partial charge in [0.05, 0.1) is 41.4 Å². The SMILES string of the molecule is CC1(c2ccc(Cl)cn2)Oc2cccc(C3CCN(Cc4nc5cc(-c6noc(=O)[nH]6)ncc5n4CC4CCO4)CC3)c2O1. The summed E-state index contributed by atoms with van der Waals surface area (Å²) in [5.74, 6) is 1.48. The lowest BCUT2D eigenvalue weighted by molar-refractivity contribution is -0.0722. The fraction of sp³-hybridized carbons (Fsp3) is 0.387. The molecule has 0 radical (unpaired) electrons. The monoisotopic (exact) mass is 615 g/mol. The molecule has 2 atom stereocenters. The van der Waals surface area contributed by atoms with Gasteiger partial charge < -0.3 is 18.8 Å². The topological polar surface area (TPSA) is 133 Å². The van der Waals surface area contributed by atoms with Crippen LogP contribution in [0.4, 0.5) is 0 Å². The van der Waals surface area contributed by atoms with Gasteiger partial charge in [0.2, 0.25) is 5.82 Å². The summed E-state index contributed by atoms with van der Waals surface area (Å²) in [5, 5.41) is 4.34. The maximum absolute atomic E-state index is 11.5. The van der Waals surface area contributed by atoms with Gasteiger partial charge in [-0.15, -0.1) is 0 Å². The molecule has 12 nitrogen and oxygen atoms in total. The van der Waals surface area contributed by atoms with Crippen molar-refractivity contribution in [3.05, 3.63) is 81.4 Å². The summed E-state index contributed by atoms with van der Waals surface area (Å²) in [4.78, 5) is 30.5. The van der Waals surface area contributed by atoms with Crippen LogP contribution in [0, 0.1) is 0 Å². The molecule has 0 aliphatic carbocycles. The molecule has 44 heavy (non-hydrogen) atoms. The number of hydrogen-bond acceptors (Lipinski definition) is 10. The summed E-state index contributed by atoms with van der Waals surface area (Å²) in [7, 11) is 0. The van der Waals surface area contributed by atoms with E-state index in [0.29, 0.717) is 28.9 Å². The number of likely N-dealkylation sites (tertiary alicyclic amines) is 1. The number of rotatable bonds is 7. The summed E-state index contributed by atoms with van der Waals surface area (Å²) in [6, 6.07) is 11.6. The molecular formula is C31H30ClN7O5. The second-order valence-electron chi connectivity index (χ2n) is 11.7. The number of nitrogens with one attached hydrogen (secondary N) is 1. The van der Waals surface area contributed by atoms with Crippen LogP contribution in [-0.2, 0) is 23.6 Å². The highest BCUT2D eigenvalue weighted by Gasteiger charge is 2.42. The predicted octanol–water partition coefficient (Wildman–Crippen LogP) is 4.64. The van der Waals surface area contributed by atoms with E-state index in [1.807, 2.05) is 31.2 Å². The molecule has 5 aromatic rings. The van der Waals surface area contributed by atoms with E-state index in [2.05, 4.69) is 40.2 Å². The second-order valence-corrected chi connectivity index (χ2v) is 12.1. The lowest BCUT2D eigenvalue weighted by Gasteiger charge is -2.33. The minimum atomic E-state index is -1.01. The van der Waals surface area contributed by atoms with Gasteiger partial charge in [-0.3, -0.25) is 24.4 Å². The number of H-pyrrole nitrogens is 1. The molecule has 0 amide bonds. The Labute approximate surface area is 256 Å². The van der Waals surface area contributed by atoms with Crippen molar-refractivity contribution in [2.75, 3.05) is 19.7 Å². The smallest absolute Gasteiger partial charge is 0.439 e. The Bertz CT molecular complexity index is 1890. The van der Waals surface area contributed by atoms with E-state index < -0.39 is 11.5 Å². The number of pyridine rings is 2. The van der Waals surface area contributed by atoms with Crippen molar-refractivity contribution in [1.82, 2.24) is 34.6 Å². The van der Waals surface area contributed by atoms with Gasteiger partial charge in [-0.2, -0.15) is 0 Å². The molecule has 0 bridgehead atoms. The first-order valence-electron chi connectivity index (χ1n) is 14.8. The summed E-state index contributed by atoms with van der Waals surface area (Å²) < 4.78 is 25.4. The van der Waals surface area contributed by atoms with Crippen LogP contribution in [0.15, 0.2) is 58.1 Å². The van der Waals surface area contributed by atoms with Crippen LogP contribution in [0.25, 0.3) is 22.6 Å². The second kappa shape index (κ2) is 10.7. The molecule has 8 rings (SSSR count). The Hall–Kier alpha value is -4.26. The number of ether oxygens (including phenoxy) is 3. The van der Waals surface area contributed by atoms with E-state index >= 15 is 0 Å². The molecule has 0 spiro atoms. The number of nitrogens with zero attached hydrogens (tertiary/aromatic N) is 6. The minimum absolute atomic E-state index is 0.166. The number of imidazole rings is 1. The van der Waals surface area contributed by atoms with Crippen molar-refractivity contribution in [1.29, 1.82) is 0 Å². The first-order chi connectivity index (χ1) is 21.4. The van der Waals surface area contributed by atoms with Gasteiger partial charge in [-0.05, 0) is 62.5 Å². The standard InChI is InChI=1S/C31H30ClN7O5/c1-31(26-6-5-19(32)14-34-26)42-25-4-2-3-21(28(25)43-31)18-7-10-38(11-8-18)17-27-35-22-13-23(29-36-30(40)44-37-29)33-15-24(22)39(27)16-20-9-12-41-20/h2-6,13-15,18,20H,7-12,16-17H2,1H3,(H,36,37,40). The zero-order chi connectivity index (χ0) is 29.8. The lowest BCUT2D eigenvalue weighted by Crippen LogP contribution is -2.35. The van der Waals surface area contributed by atoms with Crippen LogP contribution >= 0.6 is 11.6 Å². The number of aromatic nitrogens is 6. The summed E-state index contributed by atoms with van der Waals surface area (Å²) in [6.07, 6.45) is 6.54. The number of para-hydroxylation sites is 1. The van der Waals surface area contributed by atoms with Crippen molar-refractivity contribution < 1.29 is 18.7 Å². The number of halogens is 1. The number of fused-ring (bicyclic) bond motifs is 2. The molecule has 4 aromatic heterocycles. The third-order valence-corrected chi connectivity index (χ3v) is 9.00. The first kappa shape index (κ1) is 27.3. The minimum Gasteiger partial charge on any atom is -0.443 e. The number of benzene rings is 1. The van der Waals surface area contributed by atoms with Crippen LogP contribution < -0.4 is 15.2 Å². The highest BCUT2D eigenvalue weighted by Crippen LogP contribution is 2.49. The van der Waals surface area contributed by atoms with Crippen LogP contribution in [0.5, 0.6) is 11.5 Å². The van der Waals surface area contributed by atoms with Gasteiger partial charge in [0, 0.05) is 25.3 Å². The Kier molecular flexibility index (Phi) is 6.65. The molecule has 7 heterocycles. The van der Waals surface area contributed by atoms with Gasteiger partial charge in [0.25, 0.3) is 5.79 Å². The molecule has 1 N–H and O–H groups in total. The summed E-state index contributed by atoms with van der Waals surface area (Å²) >= 11 is 6.06. The predicted molar refractivity (Wildman–Crippen MR) is 160 cm³/mol. The molecule has 3 aliphatic heterocycles. The highest BCUT2D eigenvalue weighted by atomic mass is 35.5. The van der Waals surface area contributed by atoms with E-state index in [4.69, 9.17) is 30.8 Å². The quantitative estimate of drug-likeness (QED) is 0.276. The fourth-order valence-corrected chi connectivity index (χ4v) is 6.43. The Morgan fingerprint density at radius 1 is 1.09 bits per heavy atom.